The Morgan fingerprint density at radius 1 is 1.56 bits per heavy atom. The summed E-state index contributed by atoms with van der Waals surface area (Å²) in [4.78, 5) is 18.0. The van der Waals surface area contributed by atoms with Gasteiger partial charge in [-0.1, -0.05) is 0 Å². The lowest BCUT2D eigenvalue weighted by molar-refractivity contribution is 0.407. The van der Waals surface area contributed by atoms with Crippen molar-refractivity contribution < 1.29 is 4.74 Å². The van der Waals surface area contributed by atoms with Gasteiger partial charge in [-0.25, -0.2) is 4.98 Å². The molecule has 0 aliphatic carbocycles. The van der Waals surface area contributed by atoms with E-state index in [4.69, 9.17) is 4.74 Å². The third-order valence-corrected chi connectivity index (χ3v) is 2.50. The van der Waals surface area contributed by atoms with E-state index < -0.39 is 0 Å². The second-order valence-electron chi connectivity index (χ2n) is 3.78. The molecule has 1 atom stereocenters. The molecule has 0 fully saturated rings. The van der Waals surface area contributed by atoms with Gasteiger partial charge in [0.2, 0.25) is 5.75 Å². The number of H-pyrrole nitrogens is 1. The largest absolute Gasteiger partial charge is 0.489 e. The van der Waals surface area contributed by atoms with Crippen LogP contribution in [0.3, 0.4) is 0 Å². The van der Waals surface area contributed by atoms with Crippen LogP contribution in [0.1, 0.15) is 18.8 Å². The molecule has 0 aliphatic heterocycles. The van der Waals surface area contributed by atoms with Crippen molar-refractivity contribution in [1.29, 1.82) is 0 Å². The molecular formula is C10H14N6O2. The third kappa shape index (κ3) is 2.17. The molecule has 0 saturated carbocycles. The second kappa shape index (κ2) is 4.86. The van der Waals surface area contributed by atoms with Crippen molar-refractivity contribution in [2.75, 3.05) is 12.4 Å². The first-order valence-electron chi connectivity index (χ1n) is 5.35. The Morgan fingerprint density at radius 3 is 2.94 bits per heavy atom. The molecule has 18 heavy (non-hydrogen) atoms. The maximum absolute atomic E-state index is 11.5. The summed E-state index contributed by atoms with van der Waals surface area (Å²) < 4.78 is 6.80. The number of aromatic amines is 1. The van der Waals surface area contributed by atoms with Crippen LogP contribution in [0.2, 0.25) is 0 Å². The van der Waals surface area contributed by atoms with Crippen molar-refractivity contribution in [1.82, 2.24) is 24.7 Å². The van der Waals surface area contributed by atoms with E-state index in [0.717, 1.165) is 5.82 Å². The van der Waals surface area contributed by atoms with Crippen LogP contribution in [0.5, 0.6) is 5.75 Å². The molecule has 1 unspecified atom stereocenters. The first-order chi connectivity index (χ1) is 8.63. The van der Waals surface area contributed by atoms with Gasteiger partial charge in [-0.15, -0.1) is 10.2 Å². The van der Waals surface area contributed by atoms with Crippen LogP contribution >= 0.6 is 0 Å². The topological polar surface area (TPSA) is 97.7 Å². The molecule has 0 spiro atoms. The maximum atomic E-state index is 11.5. The highest BCUT2D eigenvalue weighted by molar-refractivity contribution is 5.48. The maximum Gasteiger partial charge on any atom is 0.295 e. The number of nitrogens with zero attached hydrogens (tertiary/aromatic N) is 4. The predicted octanol–water partition coefficient (Wildman–Crippen LogP) is 0.0801. The number of anilines is 1. The number of rotatable bonds is 4. The number of hydrogen-bond acceptors (Lipinski definition) is 6. The third-order valence-electron chi connectivity index (χ3n) is 2.50. The van der Waals surface area contributed by atoms with Crippen LogP contribution in [0.4, 0.5) is 5.82 Å². The molecule has 0 saturated heterocycles. The minimum Gasteiger partial charge on any atom is -0.489 e. The molecule has 0 aliphatic rings. The zero-order valence-corrected chi connectivity index (χ0v) is 10.3. The SMILES string of the molecule is COc1c(NC(C)c2nncn2C)nc[nH]c1=O. The quantitative estimate of drug-likeness (QED) is 0.797. The minimum absolute atomic E-state index is 0.145. The smallest absolute Gasteiger partial charge is 0.295 e. The molecule has 2 aromatic heterocycles. The molecule has 0 radical (unpaired) electrons. The van der Waals surface area contributed by atoms with E-state index in [1.54, 1.807) is 10.9 Å². The van der Waals surface area contributed by atoms with E-state index >= 15 is 0 Å². The van der Waals surface area contributed by atoms with Crippen LogP contribution in [0.15, 0.2) is 17.4 Å². The van der Waals surface area contributed by atoms with E-state index in [1.165, 1.54) is 13.4 Å². The first-order valence-corrected chi connectivity index (χ1v) is 5.35. The molecule has 0 bridgehead atoms. The fourth-order valence-corrected chi connectivity index (χ4v) is 1.63. The van der Waals surface area contributed by atoms with Crippen molar-refractivity contribution in [2.24, 2.45) is 7.05 Å². The highest BCUT2D eigenvalue weighted by Gasteiger charge is 2.15. The van der Waals surface area contributed by atoms with Gasteiger partial charge < -0.3 is 19.6 Å². The van der Waals surface area contributed by atoms with E-state index in [1.807, 2.05) is 14.0 Å². The summed E-state index contributed by atoms with van der Waals surface area (Å²) in [5.41, 5.74) is -0.333. The lowest BCUT2D eigenvalue weighted by atomic mass is 10.3. The van der Waals surface area contributed by atoms with Gasteiger partial charge in [0, 0.05) is 7.05 Å². The van der Waals surface area contributed by atoms with Gasteiger partial charge in [0.05, 0.1) is 19.5 Å². The van der Waals surface area contributed by atoms with Gasteiger partial charge in [-0.2, -0.15) is 0 Å². The molecule has 2 aromatic rings. The average Bonchev–Trinajstić information content (AvgIpc) is 2.76. The average molecular weight is 250 g/mol. The number of nitrogens with one attached hydrogen (secondary N) is 2. The first kappa shape index (κ1) is 12.1. The normalized spacial score (nSPS) is 12.2. The molecule has 0 aromatic carbocycles. The van der Waals surface area contributed by atoms with Crippen molar-refractivity contribution in [2.45, 2.75) is 13.0 Å². The summed E-state index contributed by atoms with van der Waals surface area (Å²) >= 11 is 0. The summed E-state index contributed by atoms with van der Waals surface area (Å²) in [6.45, 7) is 1.90. The molecule has 0 amide bonds. The van der Waals surface area contributed by atoms with Gasteiger partial charge >= 0.3 is 0 Å². The van der Waals surface area contributed by atoms with E-state index in [9.17, 15) is 4.79 Å². The minimum atomic E-state index is -0.333. The van der Waals surface area contributed by atoms with Gasteiger partial charge in [-0.3, -0.25) is 4.79 Å². The molecule has 2 N–H and O–H groups in total. The van der Waals surface area contributed by atoms with E-state index in [2.05, 4.69) is 25.5 Å². The Kier molecular flexibility index (Phi) is 3.26. The van der Waals surface area contributed by atoms with Crippen molar-refractivity contribution in [3.05, 3.63) is 28.8 Å². The Bertz CT molecular complexity index is 590. The number of hydrogen-bond donors (Lipinski definition) is 2. The zero-order valence-electron chi connectivity index (χ0n) is 10.3. The molecular weight excluding hydrogens is 236 g/mol. The van der Waals surface area contributed by atoms with Crippen molar-refractivity contribution >= 4 is 5.82 Å². The summed E-state index contributed by atoms with van der Waals surface area (Å²) in [5, 5.41) is 10.8. The highest BCUT2D eigenvalue weighted by Crippen LogP contribution is 2.20. The number of aromatic nitrogens is 5. The monoisotopic (exact) mass is 250 g/mol. The Balaban J connectivity index is 2.27. The molecule has 2 rings (SSSR count). The molecule has 8 nitrogen and oxygen atoms in total. The fourth-order valence-electron chi connectivity index (χ4n) is 1.63. The van der Waals surface area contributed by atoms with Crippen molar-refractivity contribution in [3.8, 4) is 5.75 Å². The van der Waals surface area contributed by atoms with Crippen LogP contribution < -0.4 is 15.6 Å². The van der Waals surface area contributed by atoms with Crippen molar-refractivity contribution in [3.63, 3.8) is 0 Å². The highest BCUT2D eigenvalue weighted by atomic mass is 16.5. The molecule has 96 valence electrons. The predicted molar refractivity (Wildman–Crippen MR) is 64.5 cm³/mol. The fraction of sp³-hybridized carbons (Fsp3) is 0.400. The van der Waals surface area contributed by atoms with Crippen LogP contribution in [0.25, 0.3) is 0 Å². The summed E-state index contributed by atoms with van der Waals surface area (Å²) in [6.07, 6.45) is 2.92. The van der Waals surface area contributed by atoms with Gasteiger partial charge in [0.15, 0.2) is 11.6 Å². The molecule has 2 heterocycles. The zero-order chi connectivity index (χ0) is 13.1. The van der Waals surface area contributed by atoms with Gasteiger partial charge in [-0.05, 0) is 6.92 Å². The molecule has 8 heteroatoms. The van der Waals surface area contributed by atoms with Gasteiger partial charge in [0.1, 0.15) is 6.33 Å². The van der Waals surface area contributed by atoms with Crippen LogP contribution in [-0.2, 0) is 7.05 Å². The van der Waals surface area contributed by atoms with Gasteiger partial charge in [0.25, 0.3) is 5.56 Å². The van der Waals surface area contributed by atoms with E-state index in [-0.39, 0.29) is 17.4 Å². The number of ether oxygens (including phenoxy) is 1. The summed E-state index contributed by atoms with van der Waals surface area (Å²) in [5.74, 6) is 1.25. The summed E-state index contributed by atoms with van der Waals surface area (Å²) in [7, 11) is 3.26. The van der Waals surface area contributed by atoms with E-state index in [0.29, 0.717) is 5.82 Å². The number of methoxy groups -OCH3 is 1. The summed E-state index contributed by atoms with van der Waals surface area (Å²) in [6, 6.07) is -0.152. The Hall–Kier alpha value is -2.38. The Labute approximate surface area is 103 Å². The van der Waals surface area contributed by atoms with Crippen LogP contribution in [-0.4, -0.2) is 31.8 Å². The second-order valence-corrected chi connectivity index (χ2v) is 3.78. The van der Waals surface area contributed by atoms with Crippen LogP contribution in [0, 0.1) is 0 Å². The standard InChI is InChI=1S/C10H14N6O2/c1-6(9-15-13-5-16(9)2)14-8-7(18-3)10(17)12-4-11-8/h4-6H,1-3H3,(H2,11,12,14,17). The Morgan fingerprint density at radius 2 is 2.33 bits per heavy atom. The lowest BCUT2D eigenvalue weighted by Crippen LogP contribution is -2.17. The lowest BCUT2D eigenvalue weighted by Gasteiger charge is -2.14. The number of aryl methyl sites for hydroxylation is 1.